The molecule has 0 aliphatic carbocycles. The van der Waals surface area contributed by atoms with Gasteiger partial charge in [-0.05, 0) is 36.2 Å². The van der Waals surface area contributed by atoms with E-state index in [0.29, 0.717) is 19.6 Å². The Labute approximate surface area is 105 Å². The number of thiophene rings is 1. The van der Waals surface area contributed by atoms with E-state index >= 15 is 0 Å². The molecule has 17 heavy (non-hydrogen) atoms. The van der Waals surface area contributed by atoms with Gasteiger partial charge in [0.1, 0.15) is 6.10 Å². The summed E-state index contributed by atoms with van der Waals surface area (Å²) in [6.45, 7) is 4.79. The van der Waals surface area contributed by atoms with Crippen molar-refractivity contribution in [2.24, 2.45) is 0 Å². The Morgan fingerprint density at radius 1 is 1.65 bits per heavy atom. The van der Waals surface area contributed by atoms with Crippen LogP contribution in [0, 0.1) is 0 Å². The van der Waals surface area contributed by atoms with Crippen molar-refractivity contribution in [2.45, 2.75) is 32.2 Å². The summed E-state index contributed by atoms with van der Waals surface area (Å²) in [5, 5.41) is 6.82. The van der Waals surface area contributed by atoms with Crippen LogP contribution in [0.25, 0.3) is 0 Å². The van der Waals surface area contributed by atoms with Crippen LogP contribution in [0.4, 0.5) is 0 Å². The standard InChI is InChI=1S/C12H17NO3S/c1-12(2)15-7-10(16-12)6-13-11(14)5-9-3-4-17-8-9/h3-4,8,10H,5-7H2,1-2H3,(H,13,14). The molecule has 1 aliphatic rings. The van der Waals surface area contributed by atoms with E-state index in [-0.39, 0.29) is 12.0 Å². The van der Waals surface area contributed by atoms with Gasteiger partial charge in [0.2, 0.25) is 5.91 Å². The first-order valence-electron chi connectivity index (χ1n) is 5.65. The first-order chi connectivity index (χ1) is 8.05. The highest BCUT2D eigenvalue weighted by Crippen LogP contribution is 2.21. The van der Waals surface area contributed by atoms with Crippen LogP contribution in [0.2, 0.25) is 0 Å². The van der Waals surface area contributed by atoms with Crippen LogP contribution in [-0.2, 0) is 20.7 Å². The van der Waals surface area contributed by atoms with E-state index in [2.05, 4.69) is 5.32 Å². The fourth-order valence-corrected chi connectivity index (χ4v) is 2.40. The highest BCUT2D eigenvalue weighted by molar-refractivity contribution is 7.07. The van der Waals surface area contributed by atoms with Gasteiger partial charge in [-0.1, -0.05) is 0 Å². The summed E-state index contributed by atoms with van der Waals surface area (Å²) in [6.07, 6.45) is 0.386. The van der Waals surface area contributed by atoms with E-state index in [1.54, 1.807) is 11.3 Å². The largest absolute Gasteiger partial charge is 0.353 e. The average Bonchev–Trinajstić information content (AvgIpc) is 2.85. The molecule has 0 spiro atoms. The Morgan fingerprint density at radius 3 is 3.06 bits per heavy atom. The molecule has 1 saturated heterocycles. The summed E-state index contributed by atoms with van der Waals surface area (Å²) in [6, 6.07) is 1.96. The number of hydrogen-bond donors (Lipinski definition) is 1. The maximum absolute atomic E-state index is 11.6. The second kappa shape index (κ2) is 5.16. The summed E-state index contributed by atoms with van der Waals surface area (Å²) in [4.78, 5) is 11.6. The quantitative estimate of drug-likeness (QED) is 0.888. The van der Waals surface area contributed by atoms with Gasteiger partial charge in [0, 0.05) is 6.54 Å². The minimum atomic E-state index is -0.525. The smallest absolute Gasteiger partial charge is 0.224 e. The Bertz CT molecular complexity index is 375. The molecule has 0 radical (unpaired) electrons. The number of ether oxygens (including phenoxy) is 2. The highest BCUT2D eigenvalue weighted by atomic mass is 32.1. The first kappa shape index (κ1) is 12.5. The second-order valence-electron chi connectivity index (χ2n) is 4.56. The summed E-state index contributed by atoms with van der Waals surface area (Å²) in [7, 11) is 0. The number of nitrogens with one attached hydrogen (secondary N) is 1. The minimum Gasteiger partial charge on any atom is -0.353 e. The monoisotopic (exact) mass is 255 g/mol. The van der Waals surface area contributed by atoms with Gasteiger partial charge in [-0.2, -0.15) is 11.3 Å². The van der Waals surface area contributed by atoms with E-state index in [9.17, 15) is 4.79 Å². The summed E-state index contributed by atoms with van der Waals surface area (Å²) < 4.78 is 11.0. The summed E-state index contributed by atoms with van der Waals surface area (Å²) in [5.41, 5.74) is 1.05. The normalized spacial score (nSPS) is 22.6. The molecule has 1 atom stereocenters. The van der Waals surface area contributed by atoms with Gasteiger partial charge in [-0.25, -0.2) is 0 Å². The number of rotatable bonds is 4. The second-order valence-corrected chi connectivity index (χ2v) is 5.34. The lowest BCUT2D eigenvalue weighted by molar-refractivity contribution is -0.139. The number of carbonyl (C=O) groups excluding carboxylic acids is 1. The van der Waals surface area contributed by atoms with Gasteiger partial charge in [0.25, 0.3) is 0 Å². The Hall–Kier alpha value is -0.910. The van der Waals surface area contributed by atoms with E-state index < -0.39 is 5.79 Å². The lowest BCUT2D eigenvalue weighted by Gasteiger charge is -2.17. The zero-order valence-electron chi connectivity index (χ0n) is 10.1. The van der Waals surface area contributed by atoms with Crippen LogP contribution in [-0.4, -0.2) is 30.9 Å². The van der Waals surface area contributed by atoms with E-state index in [0.717, 1.165) is 5.56 Å². The molecule has 4 nitrogen and oxygen atoms in total. The van der Waals surface area contributed by atoms with Gasteiger partial charge in [0.05, 0.1) is 13.0 Å². The van der Waals surface area contributed by atoms with Gasteiger partial charge in [0.15, 0.2) is 5.79 Å². The van der Waals surface area contributed by atoms with Crippen molar-refractivity contribution < 1.29 is 14.3 Å². The lowest BCUT2D eigenvalue weighted by Crippen LogP contribution is -2.35. The Balaban J connectivity index is 1.70. The SMILES string of the molecule is CC1(C)OCC(CNC(=O)Cc2ccsc2)O1. The zero-order valence-corrected chi connectivity index (χ0v) is 10.9. The van der Waals surface area contributed by atoms with Crippen LogP contribution in [0.15, 0.2) is 16.8 Å². The third-order valence-corrected chi connectivity index (χ3v) is 3.27. The Morgan fingerprint density at radius 2 is 2.47 bits per heavy atom. The molecule has 1 fully saturated rings. The van der Waals surface area contributed by atoms with Crippen molar-refractivity contribution in [2.75, 3.05) is 13.2 Å². The molecule has 1 N–H and O–H groups in total. The fraction of sp³-hybridized carbons (Fsp3) is 0.583. The van der Waals surface area contributed by atoms with Crippen LogP contribution < -0.4 is 5.32 Å². The molecule has 2 heterocycles. The fourth-order valence-electron chi connectivity index (χ4n) is 1.73. The van der Waals surface area contributed by atoms with Gasteiger partial charge in [-0.15, -0.1) is 0 Å². The molecular weight excluding hydrogens is 238 g/mol. The maximum atomic E-state index is 11.6. The molecular formula is C12H17NO3S. The summed E-state index contributed by atoms with van der Waals surface area (Å²) in [5.74, 6) is -0.500. The van der Waals surface area contributed by atoms with Gasteiger partial charge >= 0.3 is 0 Å². The van der Waals surface area contributed by atoms with Crippen molar-refractivity contribution in [3.8, 4) is 0 Å². The molecule has 94 valence electrons. The van der Waals surface area contributed by atoms with Crippen molar-refractivity contribution in [3.05, 3.63) is 22.4 Å². The van der Waals surface area contributed by atoms with Gasteiger partial charge < -0.3 is 14.8 Å². The molecule has 0 aromatic carbocycles. The predicted octanol–water partition coefficient (Wildman–Crippen LogP) is 1.56. The molecule has 1 unspecified atom stereocenters. The molecule has 1 amide bonds. The number of hydrogen-bond acceptors (Lipinski definition) is 4. The van der Waals surface area contributed by atoms with Crippen molar-refractivity contribution in [1.82, 2.24) is 5.32 Å². The topological polar surface area (TPSA) is 47.6 Å². The van der Waals surface area contributed by atoms with Crippen LogP contribution >= 0.6 is 11.3 Å². The molecule has 2 rings (SSSR count). The van der Waals surface area contributed by atoms with Crippen LogP contribution in [0.3, 0.4) is 0 Å². The summed E-state index contributed by atoms with van der Waals surface area (Å²) >= 11 is 1.60. The molecule has 5 heteroatoms. The van der Waals surface area contributed by atoms with Crippen LogP contribution in [0.1, 0.15) is 19.4 Å². The van der Waals surface area contributed by atoms with Crippen molar-refractivity contribution >= 4 is 17.2 Å². The molecule has 0 bridgehead atoms. The highest BCUT2D eigenvalue weighted by Gasteiger charge is 2.32. The van der Waals surface area contributed by atoms with E-state index in [1.165, 1.54) is 0 Å². The van der Waals surface area contributed by atoms with E-state index in [4.69, 9.17) is 9.47 Å². The van der Waals surface area contributed by atoms with Crippen molar-refractivity contribution in [3.63, 3.8) is 0 Å². The van der Waals surface area contributed by atoms with Crippen LogP contribution in [0.5, 0.6) is 0 Å². The minimum absolute atomic E-state index is 0.0247. The molecule has 1 aromatic heterocycles. The molecule has 0 saturated carbocycles. The third-order valence-electron chi connectivity index (χ3n) is 2.54. The third kappa shape index (κ3) is 3.80. The molecule has 1 aliphatic heterocycles. The first-order valence-corrected chi connectivity index (χ1v) is 6.59. The Kier molecular flexibility index (Phi) is 3.81. The van der Waals surface area contributed by atoms with Gasteiger partial charge in [-0.3, -0.25) is 4.79 Å². The maximum Gasteiger partial charge on any atom is 0.224 e. The number of carbonyl (C=O) groups is 1. The predicted molar refractivity (Wildman–Crippen MR) is 65.9 cm³/mol. The van der Waals surface area contributed by atoms with Crippen molar-refractivity contribution in [1.29, 1.82) is 0 Å². The average molecular weight is 255 g/mol. The van der Waals surface area contributed by atoms with E-state index in [1.807, 2.05) is 30.7 Å². The zero-order chi connectivity index (χ0) is 12.3. The lowest BCUT2D eigenvalue weighted by atomic mass is 10.2. The number of amides is 1. The molecule has 1 aromatic rings.